The first kappa shape index (κ1) is 11.5. The van der Waals surface area contributed by atoms with Crippen LogP contribution in [0.4, 0.5) is 0 Å². The Kier molecular flexibility index (Phi) is 2.74. The predicted molar refractivity (Wildman–Crippen MR) is 65.9 cm³/mol. The van der Waals surface area contributed by atoms with Crippen LogP contribution in [-0.2, 0) is 4.79 Å². The van der Waals surface area contributed by atoms with Gasteiger partial charge in [0, 0.05) is 10.8 Å². The summed E-state index contributed by atoms with van der Waals surface area (Å²) in [5.74, 6) is -0.738. The Bertz CT molecular complexity index is 408. The fourth-order valence-electron chi connectivity index (χ4n) is 2.53. The van der Waals surface area contributed by atoms with Crippen molar-refractivity contribution in [3.05, 3.63) is 29.8 Å². The molecule has 86 valence electrons. The highest BCUT2D eigenvalue weighted by Crippen LogP contribution is 2.64. The summed E-state index contributed by atoms with van der Waals surface area (Å²) < 4.78 is 0. The van der Waals surface area contributed by atoms with E-state index in [0.29, 0.717) is 0 Å². The van der Waals surface area contributed by atoms with Crippen LogP contribution in [0.15, 0.2) is 29.2 Å². The van der Waals surface area contributed by atoms with Crippen LogP contribution in [0.2, 0.25) is 0 Å². The van der Waals surface area contributed by atoms with Crippen molar-refractivity contribution >= 4 is 17.7 Å². The van der Waals surface area contributed by atoms with Gasteiger partial charge in [0.05, 0.1) is 5.92 Å². The highest BCUT2D eigenvalue weighted by atomic mass is 32.2. The van der Waals surface area contributed by atoms with Crippen molar-refractivity contribution in [3.63, 3.8) is 0 Å². The Labute approximate surface area is 100 Å². The fourth-order valence-corrected chi connectivity index (χ4v) is 2.94. The Hall–Kier alpha value is -0.960. The van der Waals surface area contributed by atoms with Crippen molar-refractivity contribution in [2.24, 2.45) is 11.3 Å². The Morgan fingerprint density at radius 1 is 1.31 bits per heavy atom. The van der Waals surface area contributed by atoms with Gasteiger partial charge < -0.3 is 5.11 Å². The number of hydrogen-bond acceptors (Lipinski definition) is 2. The molecule has 2 atom stereocenters. The zero-order valence-corrected chi connectivity index (χ0v) is 10.5. The maximum Gasteiger partial charge on any atom is 0.307 e. The van der Waals surface area contributed by atoms with Gasteiger partial charge in [0.2, 0.25) is 0 Å². The van der Waals surface area contributed by atoms with Gasteiger partial charge in [-0.1, -0.05) is 26.0 Å². The average Bonchev–Trinajstić information content (AvgIpc) is 2.82. The second-order valence-electron chi connectivity index (χ2n) is 4.89. The number of hydrogen-bond donors (Lipinski definition) is 1. The minimum Gasteiger partial charge on any atom is -0.481 e. The molecule has 1 aliphatic rings. The van der Waals surface area contributed by atoms with Gasteiger partial charge in [-0.15, -0.1) is 11.8 Å². The van der Waals surface area contributed by atoms with Crippen molar-refractivity contribution in [3.8, 4) is 0 Å². The van der Waals surface area contributed by atoms with Crippen LogP contribution in [0.3, 0.4) is 0 Å². The van der Waals surface area contributed by atoms with E-state index in [1.54, 1.807) is 11.8 Å². The predicted octanol–water partition coefficient (Wildman–Crippen LogP) is 3.23. The monoisotopic (exact) mass is 236 g/mol. The number of carbonyl (C=O) groups is 1. The molecule has 1 saturated carbocycles. The van der Waals surface area contributed by atoms with E-state index in [1.165, 1.54) is 4.90 Å². The molecular formula is C13H16O2S. The molecule has 1 fully saturated rings. The molecule has 0 unspecified atom stereocenters. The molecule has 1 aromatic rings. The van der Waals surface area contributed by atoms with Gasteiger partial charge in [0.1, 0.15) is 0 Å². The van der Waals surface area contributed by atoms with Gasteiger partial charge in [-0.3, -0.25) is 4.79 Å². The Morgan fingerprint density at radius 3 is 2.25 bits per heavy atom. The Balaban J connectivity index is 2.23. The largest absolute Gasteiger partial charge is 0.481 e. The van der Waals surface area contributed by atoms with E-state index in [-0.39, 0.29) is 17.3 Å². The highest BCUT2D eigenvalue weighted by molar-refractivity contribution is 7.98. The van der Waals surface area contributed by atoms with Crippen molar-refractivity contribution in [1.29, 1.82) is 0 Å². The summed E-state index contributed by atoms with van der Waals surface area (Å²) in [6, 6.07) is 8.24. The lowest BCUT2D eigenvalue weighted by atomic mass is 10.0. The fraction of sp³-hybridized carbons (Fsp3) is 0.462. The zero-order chi connectivity index (χ0) is 11.9. The molecule has 3 heteroatoms. The van der Waals surface area contributed by atoms with Crippen molar-refractivity contribution < 1.29 is 9.90 Å². The van der Waals surface area contributed by atoms with Crippen LogP contribution in [0.25, 0.3) is 0 Å². The van der Waals surface area contributed by atoms with Crippen molar-refractivity contribution in [2.45, 2.75) is 24.7 Å². The van der Waals surface area contributed by atoms with Crippen LogP contribution >= 0.6 is 11.8 Å². The molecule has 0 heterocycles. The summed E-state index contributed by atoms with van der Waals surface area (Å²) in [5, 5.41) is 9.12. The third-order valence-electron chi connectivity index (χ3n) is 3.57. The summed E-state index contributed by atoms with van der Waals surface area (Å²) in [6.45, 7) is 4.05. The standard InChI is InChI=1S/C13H16O2S/c1-13(2)10(11(13)12(14)15)8-4-6-9(16-3)7-5-8/h4-7,10-11H,1-3H3,(H,14,15)/t10-,11+/m1/s1. The molecule has 1 aliphatic carbocycles. The second kappa shape index (κ2) is 3.81. The van der Waals surface area contributed by atoms with Gasteiger partial charge in [-0.05, 0) is 29.4 Å². The van der Waals surface area contributed by atoms with Gasteiger partial charge in [0.15, 0.2) is 0 Å². The van der Waals surface area contributed by atoms with Gasteiger partial charge in [0.25, 0.3) is 0 Å². The first-order valence-electron chi connectivity index (χ1n) is 5.35. The van der Waals surface area contributed by atoms with Gasteiger partial charge in [-0.2, -0.15) is 0 Å². The highest BCUT2D eigenvalue weighted by Gasteiger charge is 2.62. The molecule has 0 spiro atoms. The lowest BCUT2D eigenvalue weighted by molar-refractivity contribution is -0.139. The SMILES string of the molecule is CSc1ccc([C@@H]2[C@@H](C(=O)O)C2(C)C)cc1. The molecule has 0 aliphatic heterocycles. The maximum atomic E-state index is 11.1. The topological polar surface area (TPSA) is 37.3 Å². The second-order valence-corrected chi connectivity index (χ2v) is 5.77. The van der Waals surface area contributed by atoms with Gasteiger partial charge in [-0.25, -0.2) is 0 Å². The molecule has 1 N–H and O–H groups in total. The summed E-state index contributed by atoms with van der Waals surface area (Å²) in [6.07, 6.45) is 2.04. The van der Waals surface area contributed by atoms with Crippen molar-refractivity contribution in [1.82, 2.24) is 0 Å². The van der Waals surface area contributed by atoms with Crippen LogP contribution in [-0.4, -0.2) is 17.3 Å². The normalized spacial score (nSPS) is 26.4. The summed E-state index contributed by atoms with van der Waals surface area (Å²) in [7, 11) is 0. The third kappa shape index (κ3) is 1.73. The molecule has 0 aromatic heterocycles. The number of carboxylic acid groups (broad SMARTS) is 1. The molecule has 2 rings (SSSR count). The van der Waals surface area contributed by atoms with E-state index in [9.17, 15) is 4.79 Å². The minimum absolute atomic E-state index is 0.104. The maximum absolute atomic E-state index is 11.1. The van der Waals surface area contributed by atoms with E-state index < -0.39 is 5.97 Å². The molecule has 16 heavy (non-hydrogen) atoms. The molecule has 2 nitrogen and oxygen atoms in total. The summed E-state index contributed by atoms with van der Waals surface area (Å²) in [5.41, 5.74) is 1.04. The van der Waals surface area contributed by atoms with E-state index in [4.69, 9.17) is 5.11 Å². The lowest BCUT2D eigenvalue weighted by Gasteiger charge is -2.03. The summed E-state index contributed by atoms with van der Waals surface area (Å²) >= 11 is 1.70. The van der Waals surface area contributed by atoms with Crippen LogP contribution in [0, 0.1) is 11.3 Å². The Morgan fingerprint density at radius 2 is 1.88 bits per heavy atom. The lowest BCUT2D eigenvalue weighted by Crippen LogP contribution is -2.03. The van der Waals surface area contributed by atoms with E-state index in [1.807, 2.05) is 20.1 Å². The van der Waals surface area contributed by atoms with E-state index >= 15 is 0 Å². The molecule has 0 bridgehead atoms. The number of rotatable bonds is 3. The van der Waals surface area contributed by atoms with Crippen LogP contribution in [0.1, 0.15) is 25.3 Å². The van der Waals surface area contributed by atoms with Crippen LogP contribution < -0.4 is 0 Å². The zero-order valence-electron chi connectivity index (χ0n) is 9.73. The summed E-state index contributed by atoms with van der Waals surface area (Å²) in [4.78, 5) is 12.3. The average molecular weight is 236 g/mol. The first-order valence-corrected chi connectivity index (χ1v) is 6.57. The van der Waals surface area contributed by atoms with E-state index in [2.05, 4.69) is 24.3 Å². The van der Waals surface area contributed by atoms with E-state index in [0.717, 1.165) is 5.56 Å². The van der Waals surface area contributed by atoms with Crippen molar-refractivity contribution in [2.75, 3.05) is 6.26 Å². The minimum atomic E-state index is -0.677. The molecule has 1 aromatic carbocycles. The number of benzene rings is 1. The molecule has 0 radical (unpaired) electrons. The van der Waals surface area contributed by atoms with Crippen LogP contribution in [0.5, 0.6) is 0 Å². The quantitative estimate of drug-likeness (QED) is 0.819. The number of carboxylic acids is 1. The third-order valence-corrected chi connectivity index (χ3v) is 4.31. The number of thioether (sulfide) groups is 1. The smallest absolute Gasteiger partial charge is 0.307 e. The molecule has 0 saturated heterocycles. The van der Waals surface area contributed by atoms with Gasteiger partial charge >= 0.3 is 5.97 Å². The number of aliphatic carboxylic acids is 1. The molecule has 0 amide bonds. The first-order chi connectivity index (χ1) is 7.48. The molecular weight excluding hydrogens is 220 g/mol.